The number of aliphatic hydroxyl groups is 2. The highest BCUT2D eigenvalue weighted by Gasteiger charge is 2.24. The lowest BCUT2D eigenvalue weighted by Gasteiger charge is -2.30. The van der Waals surface area contributed by atoms with Crippen molar-refractivity contribution in [2.75, 3.05) is 57.8 Å². The third-order valence-corrected chi connectivity index (χ3v) is 4.27. The molecule has 1 saturated heterocycles. The van der Waals surface area contributed by atoms with Crippen molar-refractivity contribution in [3.8, 4) is 5.75 Å². The molecule has 1 aliphatic rings. The van der Waals surface area contributed by atoms with Crippen LogP contribution in [0.1, 0.15) is 6.92 Å². The number of ether oxygens (including phenoxy) is 1. The summed E-state index contributed by atoms with van der Waals surface area (Å²) in [7, 11) is 0. The van der Waals surface area contributed by atoms with Gasteiger partial charge < -0.3 is 30.1 Å². The summed E-state index contributed by atoms with van der Waals surface area (Å²) in [6.07, 6.45) is -0.505. The smallest absolute Gasteiger partial charge is 0.221 e. The molecule has 0 bridgehead atoms. The Hall–Kier alpha value is -1.67. The number of piperazine rings is 1. The first kappa shape index (κ1) is 18.7. The lowest BCUT2D eigenvalue weighted by atomic mass is 10.2. The van der Waals surface area contributed by atoms with Crippen LogP contribution in [0.15, 0.2) is 24.3 Å². The zero-order chi connectivity index (χ0) is 17.4. The number of nitrogens with one attached hydrogen (secondary N) is 3. The number of amides is 1. The quantitative estimate of drug-likeness (QED) is 0.353. The largest absolute Gasteiger partial charge is 0.491 e. The van der Waals surface area contributed by atoms with Crippen molar-refractivity contribution in [2.45, 2.75) is 13.0 Å². The molecule has 0 aromatic heterocycles. The fourth-order valence-corrected chi connectivity index (χ4v) is 2.99. The van der Waals surface area contributed by atoms with Gasteiger partial charge in [-0.05, 0) is 24.3 Å². The van der Waals surface area contributed by atoms with Crippen LogP contribution in [0, 0.1) is 0 Å². The van der Waals surface area contributed by atoms with Crippen molar-refractivity contribution < 1.29 is 29.5 Å². The van der Waals surface area contributed by atoms with Crippen LogP contribution in [-0.4, -0.2) is 74.7 Å². The van der Waals surface area contributed by atoms with Crippen LogP contribution in [0.2, 0.25) is 0 Å². The maximum Gasteiger partial charge on any atom is 0.221 e. The van der Waals surface area contributed by atoms with E-state index in [-0.39, 0.29) is 19.1 Å². The second-order valence-electron chi connectivity index (χ2n) is 6.35. The normalized spacial score (nSPS) is 22.0. The number of hydrogen-bond acceptors (Lipinski definition) is 4. The van der Waals surface area contributed by atoms with Gasteiger partial charge in [0.1, 0.15) is 57.7 Å². The van der Waals surface area contributed by atoms with Crippen molar-refractivity contribution in [1.82, 2.24) is 0 Å². The Kier molecular flexibility index (Phi) is 7.45. The molecule has 1 heterocycles. The van der Waals surface area contributed by atoms with E-state index in [9.17, 15) is 9.90 Å². The second kappa shape index (κ2) is 9.58. The molecule has 134 valence electrons. The van der Waals surface area contributed by atoms with Crippen molar-refractivity contribution in [3.05, 3.63) is 24.3 Å². The molecule has 0 radical (unpaired) electrons. The average molecular weight is 339 g/mol. The van der Waals surface area contributed by atoms with Gasteiger partial charge in [-0.25, -0.2) is 0 Å². The summed E-state index contributed by atoms with van der Waals surface area (Å²) in [5.74, 6) is 0.568. The van der Waals surface area contributed by atoms with E-state index in [1.807, 2.05) is 0 Å². The predicted octanol–water partition coefficient (Wildman–Crippen LogP) is -2.84. The molecule has 1 amide bonds. The average Bonchev–Trinajstić information content (AvgIpc) is 2.56. The first-order valence-corrected chi connectivity index (χ1v) is 8.53. The molecule has 0 spiro atoms. The molecule has 1 atom stereocenters. The molecule has 0 unspecified atom stereocenters. The van der Waals surface area contributed by atoms with Crippen molar-refractivity contribution in [1.29, 1.82) is 0 Å². The Bertz CT molecular complexity index is 501. The van der Waals surface area contributed by atoms with Gasteiger partial charge in [0.25, 0.3) is 0 Å². The van der Waals surface area contributed by atoms with Crippen LogP contribution in [0.25, 0.3) is 0 Å². The number of benzene rings is 1. The summed E-state index contributed by atoms with van der Waals surface area (Å²) in [6, 6.07) is 7.11. The molecule has 24 heavy (non-hydrogen) atoms. The molecule has 5 N–H and O–H groups in total. The van der Waals surface area contributed by atoms with Gasteiger partial charge in [-0.3, -0.25) is 4.79 Å². The first-order valence-electron chi connectivity index (χ1n) is 8.53. The van der Waals surface area contributed by atoms with E-state index < -0.39 is 6.10 Å². The molecule has 1 aliphatic heterocycles. The molecule has 1 aromatic carbocycles. The lowest BCUT2D eigenvalue weighted by molar-refractivity contribution is -1.01. The van der Waals surface area contributed by atoms with Crippen LogP contribution < -0.4 is 19.9 Å². The minimum absolute atomic E-state index is 0.108. The Morgan fingerprint density at radius 2 is 1.83 bits per heavy atom. The minimum Gasteiger partial charge on any atom is -0.491 e. The fourth-order valence-electron chi connectivity index (χ4n) is 2.99. The summed E-state index contributed by atoms with van der Waals surface area (Å²) in [5.41, 5.74) is 0.725. The molecule has 0 saturated carbocycles. The first-order chi connectivity index (χ1) is 11.6. The van der Waals surface area contributed by atoms with Gasteiger partial charge in [0, 0.05) is 12.6 Å². The van der Waals surface area contributed by atoms with Gasteiger partial charge in [-0.2, -0.15) is 0 Å². The molecular weight excluding hydrogens is 310 g/mol. The zero-order valence-electron chi connectivity index (χ0n) is 14.3. The Morgan fingerprint density at radius 1 is 1.21 bits per heavy atom. The SMILES string of the molecule is CC(=O)Nc1ccc(OC[C@@H](O)C[NH+]2CC[NH+](CCO)CC2)cc1. The van der Waals surface area contributed by atoms with E-state index in [1.165, 1.54) is 16.7 Å². The van der Waals surface area contributed by atoms with Gasteiger partial charge >= 0.3 is 0 Å². The van der Waals surface area contributed by atoms with Gasteiger partial charge in [-0.1, -0.05) is 0 Å². The predicted molar refractivity (Wildman–Crippen MR) is 90.5 cm³/mol. The maximum atomic E-state index is 11.0. The summed E-state index contributed by atoms with van der Waals surface area (Å²) in [4.78, 5) is 13.8. The Morgan fingerprint density at radius 3 is 2.42 bits per heavy atom. The number of rotatable bonds is 8. The van der Waals surface area contributed by atoms with E-state index in [4.69, 9.17) is 9.84 Å². The van der Waals surface area contributed by atoms with Crippen molar-refractivity contribution in [2.24, 2.45) is 0 Å². The Labute approximate surface area is 142 Å². The highest BCUT2D eigenvalue weighted by atomic mass is 16.5. The van der Waals surface area contributed by atoms with Gasteiger partial charge in [-0.15, -0.1) is 0 Å². The topological polar surface area (TPSA) is 87.7 Å². The maximum absolute atomic E-state index is 11.0. The third kappa shape index (κ3) is 6.45. The van der Waals surface area contributed by atoms with Crippen LogP contribution >= 0.6 is 0 Å². The molecule has 7 heteroatoms. The highest BCUT2D eigenvalue weighted by Crippen LogP contribution is 2.15. The number of carbonyl (C=O) groups excluding carboxylic acids is 1. The summed E-state index contributed by atoms with van der Waals surface area (Å²) < 4.78 is 5.61. The van der Waals surface area contributed by atoms with Crippen molar-refractivity contribution >= 4 is 11.6 Å². The fraction of sp³-hybridized carbons (Fsp3) is 0.588. The lowest BCUT2D eigenvalue weighted by Crippen LogP contribution is -3.28. The summed E-state index contributed by atoms with van der Waals surface area (Å²) in [5, 5.41) is 21.8. The number of quaternary nitrogens is 2. The zero-order valence-corrected chi connectivity index (χ0v) is 14.3. The number of carbonyl (C=O) groups is 1. The van der Waals surface area contributed by atoms with E-state index in [2.05, 4.69) is 5.32 Å². The Balaban J connectivity index is 1.67. The highest BCUT2D eigenvalue weighted by molar-refractivity contribution is 5.88. The van der Waals surface area contributed by atoms with Crippen LogP contribution in [0.5, 0.6) is 5.75 Å². The molecule has 0 aliphatic carbocycles. The van der Waals surface area contributed by atoms with Crippen LogP contribution in [0.4, 0.5) is 5.69 Å². The standard InChI is InChI=1S/C17H27N3O4/c1-14(22)18-15-2-4-17(5-3-15)24-13-16(23)12-20-8-6-19(7-9-20)10-11-21/h2-5,16,21,23H,6-13H2,1H3,(H,18,22)/p+2/t16-/m0/s1. The molecule has 2 rings (SSSR count). The van der Waals surface area contributed by atoms with Crippen LogP contribution in [-0.2, 0) is 4.79 Å². The van der Waals surface area contributed by atoms with Gasteiger partial charge in [0.05, 0.1) is 6.61 Å². The number of aliphatic hydroxyl groups excluding tert-OH is 2. The minimum atomic E-state index is -0.505. The monoisotopic (exact) mass is 339 g/mol. The summed E-state index contributed by atoms with van der Waals surface area (Å²) >= 11 is 0. The van der Waals surface area contributed by atoms with Crippen molar-refractivity contribution in [3.63, 3.8) is 0 Å². The van der Waals surface area contributed by atoms with E-state index in [0.717, 1.165) is 38.4 Å². The second-order valence-corrected chi connectivity index (χ2v) is 6.35. The van der Waals surface area contributed by atoms with Gasteiger partial charge in [0.15, 0.2) is 0 Å². The summed E-state index contributed by atoms with van der Waals surface area (Å²) in [6.45, 7) is 7.55. The van der Waals surface area contributed by atoms with E-state index in [0.29, 0.717) is 12.3 Å². The van der Waals surface area contributed by atoms with Gasteiger partial charge in [0.2, 0.25) is 5.91 Å². The van der Waals surface area contributed by atoms with E-state index in [1.54, 1.807) is 24.3 Å². The third-order valence-electron chi connectivity index (χ3n) is 4.27. The van der Waals surface area contributed by atoms with E-state index >= 15 is 0 Å². The molecule has 1 fully saturated rings. The number of hydrogen-bond donors (Lipinski definition) is 5. The molecular formula is C17H29N3O4+2. The molecule has 7 nitrogen and oxygen atoms in total. The van der Waals surface area contributed by atoms with Crippen LogP contribution in [0.3, 0.4) is 0 Å². The number of anilines is 1. The molecule has 1 aromatic rings.